The summed E-state index contributed by atoms with van der Waals surface area (Å²) in [5, 5.41) is 11.3. The fourth-order valence-corrected chi connectivity index (χ4v) is 2.74. The van der Waals surface area contributed by atoms with Crippen molar-refractivity contribution in [3.63, 3.8) is 0 Å². The monoisotopic (exact) mass is 304 g/mol. The average molecular weight is 305 g/mol. The molecule has 1 atom stereocenters. The van der Waals surface area contributed by atoms with Crippen LogP contribution < -0.4 is 4.74 Å². The van der Waals surface area contributed by atoms with Crippen LogP contribution >= 0.6 is 11.6 Å². The van der Waals surface area contributed by atoms with Crippen LogP contribution in [0.5, 0.6) is 5.75 Å². The normalized spacial score (nSPS) is 12.2. The van der Waals surface area contributed by atoms with Crippen molar-refractivity contribution in [3.8, 4) is 5.75 Å². The Balaban J connectivity index is 2.42. The maximum atomic E-state index is 10.7. The zero-order chi connectivity index (χ0) is 15.4. The molecule has 0 saturated carbocycles. The maximum Gasteiger partial charge on any atom is 0.126 e. The molecule has 0 aliphatic heterocycles. The van der Waals surface area contributed by atoms with Crippen LogP contribution in [0.2, 0.25) is 5.02 Å². The van der Waals surface area contributed by atoms with Gasteiger partial charge < -0.3 is 9.84 Å². The Hall–Kier alpha value is -1.51. The molecule has 0 heterocycles. The van der Waals surface area contributed by atoms with Gasteiger partial charge in [-0.25, -0.2) is 0 Å². The van der Waals surface area contributed by atoms with E-state index < -0.39 is 6.10 Å². The first-order valence-electron chi connectivity index (χ1n) is 7.23. The molecule has 0 radical (unpaired) electrons. The van der Waals surface area contributed by atoms with E-state index in [1.165, 1.54) is 11.1 Å². The quantitative estimate of drug-likeness (QED) is 0.877. The van der Waals surface area contributed by atoms with Crippen LogP contribution in [0.25, 0.3) is 0 Å². The van der Waals surface area contributed by atoms with Crippen molar-refractivity contribution < 1.29 is 9.84 Å². The van der Waals surface area contributed by atoms with Gasteiger partial charge in [0, 0.05) is 10.6 Å². The standard InChI is InChI=1S/C18H21ClO2/c1-4-12-6-7-14(10-13(12)5-2)18(20)16-9-8-15(19)11-17(16)21-3/h6-11,18,20H,4-5H2,1-3H3. The van der Waals surface area contributed by atoms with Gasteiger partial charge in [0.05, 0.1) is 7.11 Å². The predicted octanol–water partition coefficient (Wildman–Crippen LogP) is 4.56. The van der Waals surface area contributed by atoms with E-state index in [2.05, 4.69) is 26.0 Å². The molecule has 0 aliphatic carbocycles. The molecule has 1 unspecified atom stereocenters. The van der Waals surface area contributed by atoms with E-state index in [9.17, 15) is 5.11 Å². The highest BCUT2D eigenvalue weighted by molar-refractivity contribution is 6.30. The van der Waals surface area contributed by atoms with Crippen LogP contribution in [0.3, 0.4) is 0 Å². The Labute approximate surface area is 131 Å². The summed E-state index contributed by atoms with van der Waals surface area (Å²) in [4.78, 5) is 0. The molecular weight excluding hydrogens is 284 g/mol. The number of aliphatic hydroxyl groups excluding tert-OH is 1. The second kappa shape index (κ2) is 6.97. The predicted molar refractivity (Wildman–Crippen MR) is 87.3 cm³/mol. The van der Waals surface area contributed by atoms with Crippen molar-refractivity contribution >= 4 is 11.6 Å². The molecule has 112 valence electrons. The highest BCUT2D eigenvalue weighted by Crippen LogP contribution is 2.33. The van der Waals surface area contributed by atoms with Gasteiger partial charge in [-0.1, -0.05) is 49.7 Å². The van der Waals surface area contributed by atoms with E-state index >= 15 is 0 Å². The number of hydrogen-bond acceptors (Lipinski definition) is 2. The second-order valence-corrected chi connectivity index (χ2v) is 5.46. The van der Waals surface area contributed by atoms with Crippen molar-refractivity contribution in [1.82, 2.24) is 0 Å². The number of aryl methyl sites for hydroxylation is 2. The molecule has 0 fully saturated rings. The number of benzene rings is 2. The van der Waals surface area contributed by atoms with Crippen LogP contribution in [-0.4, -0.2) is 12.2 Å². The average Bonchev–Trinajstić information content (AvgIpc) is 2.53. The zero-order valence-electron chi connectivity index (χ0n) is 12.7. The molecule has 0 spiro atoms. The second-order valence-electron chi connectivity index (χ2n) is 5.02. The smallest absolute Gasteiger partial charge is 0.126 e. The fraction of sp³-hybridized carbons (Fsp3) is 0.333. The van der Waals surface area contributed by atoms with E-state index in [0.29, 0.717) is 10.8 Å². The van der Waals surface area contributed by atoms with Crippen molar-refractivity contribution in [2.24, 2.45) is 0 Å². The summed E-state index contributed by atoms with van der Waals surface area (Å²) in [6.07, 6.45) is 1.25. The topological polar surface area (TPSA) is 29.5 Å². The highest BCUT2D eigenvalue weighted by atomic mass is 35.5. The lowest BCUT2D eigenvalue weighted by Crippen LogP contribution is -2.04. The number of rotatable bonds is 5. The van der Waals surface area contributed by atoms with Crippen molar-refractivity contribution in [2.75, 3.05) is 7.11 Å². The number of halogens is 1. The number of aliphatic hydroxyl groups is 1. The molecular formula is C18H21ClO2. The van der Waals surface area contributed by atoms with E-state index in [1.54, 1.807) is 19.2 Å². The summed E-state index contributed by atoms with van der Waals surface area (Å²) in [5.74, 6) is 0.604. The van der Waals surface area contributed by atoms with Gasteiger partial charge in [-0.3, -0.25) is 0 Å². The van der Waals surface area contributed by atoms with Crippen LogP contribution in [-0.2, 0) is 12.8 Å². The van der Waals surface area contributed by atoms with Gasteiger partial charge in [-0.15, -0.1) is 0 Å². The lowest BCUT2D eigenvalue weighted by atomic mass is 9.94. The summed E-state index contributed by atoms with van der Waals surface area (Å²) in [6, 6.07) is 11.5. The maximum absolute atomic E-state index is 10.7. The highest BCUT2D eigenvalue weighted by Gasteiger charge is 2.16. The van der Waals surface area contributed by atoms with Crippen molar-refractivity contribution in [2.45, 2.75) is 32.8 Å². The summed E-state index contributed by atoms with van der Waals surface area (Å²) in [7, 11) is 1.58. The van der Waals surface area contributed by atoms with Gasteiger partial charge in [0.2, 0.25) is 0 Å². The largest absolute Gasteiger partial charge is 0.496 e. The van der Waals surface area contributed by atoms with Gasteiger partial charge in [-0.05, 0) is 41.7 Å². The van der Waals surface area contributed by atoms with Gasteiger partial charge in [0.1, 0.15) is 11.9 Å². The summed E-state index contributed by atoms with van der Waals surface area (Å²) < 4.78 is 5.33. The minimum absolute atomic E-state index is 0.596. The molecule has 2 aromatic carbocycles. The lowest BCUT2D eigenvalue weighted by molar-refractivity contribution is 0.214. The first kappa shape index (κ1) is 15.9. The molecule has 2 aromatic rings. The van der Waals surface area contributed by atoms with Crippen LogP contribution in [0.4, 0.5) is 0 Å². The third-order valence-corrected chi connectivity index (χ3v) is 4.03. The zero-order valence-corrected chi connectivity index (χ0v) is 13.4. The number of ether oxygens (including phenoxy) is 1. The molecule has 0 aromatic heterocycles. The molecule has 2 rings (SSSR count). The molecule has 3 heteroatoms. The summed E-state index contributed by atoms with van der Waals surface area (Å²) in [5.41, 5.74) is 4.22. The van der Waals surface area contributed by atoms with Crippen LogP contribution in [0.1, 0.15) is 42.2 Å². The van der Waals surface area contributed by atoms with E-state index in [1.807, 2.05) is 12.1 Å². The van der Waals surface area contributed by atoms with Crippen LogP contribution in [0, 0.1) is 0 Å². The van der Waals surface area contributed by atoms with Crippen molar-refractivity contribution in [3.05, 3.63) is 63.7 Å². The molecule has 2 nitrogen and oxygen atoms in total. The Morgan fingerprint density at radius 2 is 1.76 bits per heavy atom. The Morgan fingerprint density at radius 1 is 1.05 bits per heavy atom. The third kappa shape index (κ3) is 3.39. The first-order chi connectivity index (χ1) is 10.1. The van der Waals surface area contributed by atoms with Gasteiger partial charge >= 0.3 is 0 Å². The molecule has 21 heavy (non-hydrogen) atoms. The Bertz CT molecular complexity index is 623. The van der Waals surface area contributed by atoms with E-state index in [4.69, 9.17) is 16.3 Å². The fourth-order valence-electron chi connectivity index (χ4n) is 2.58. The molecule has 0 aliphatic rings. The molecule has 1 N–H and O–H groups in total. The summed E-state index contributed by atoms with van der Waals surface area (Å²) >= 11 is 5.97. The summed E-state index contributed by atoms with van der Waals surface area (Å²) in [6.45, 7) is 4.28. The molecule has 0 saturated heterocycles. The van der Waals surface area contributed by atoms with E-state index in [0.717, 1.165) is 24.0 Å². The SMILES string of the molecule is CCc1ccc(C(O)c2ccc(Cl)cc2OC)cc1CC. The number of methoxy groups -OCH3 is 1. The lowest BCUT2D eigenvalue weighted by Gasteiger charge is -2.17. The van der Waals surface area contributed by atoms with Gasteiger partial charge in [-0.2, -0.15) is 0 Å². The Kier molecular flexibility index (Phi) is 5.27. The minimum atomic E-state index is -0.714. The first-order valence-corrected chi connectivity index (χ1v) is 7.61. The van der Waals surface area contributed by atoms with Gasteiger partial charge in [0.15, 0.2) is 0 Å². The molecule has 0 amide bonds. The van der Waals surface area contributed by atoms with Crippen LogP contribution in [0.15, 0.2) is 36.4 Å². The molecule has 0 bridgehead atoms. The third-order valence-electron chi connectivity index (χ3n) is 3.80. The van der Waals surface area contributed by atoms with Crippen molar-refractivity contribution in [1.29, 1.82) is 0 Å². The Morgan fingerprint density at radius 3 is 2.38 bits per heavy atom. The minimum Gasteiger partial charge on any atom is -0.496 e. The number of hydrogen-bond donors (Lipinski definition) is 1. The van der Waals surface area contributed by atoms with Gasteiger partial charge in [0.25, 0.3) is 0 Å². The van der Waals surface area contributed by atoms with E-state index in [-0.39, 0.29) is 0 Å².